The Labute approximate surface area is 149 Å². The Morgan fingerprint density at radius 1 is 0.920 bits per heavy atom. The van der Waals surface area contributed by atoms with E-state index in [-0.39, 0.29) is 18.7 Å². The predicted molar refractivity (Wildman–Crippen MR) is 97.2 cm³/mol. The van der Waals surface area contributed by atoms with Gasteiger partial charge >= 0.3 is 0 Å². The van der Waals surface area contributed by atoms with Gasteiger partial charge < -0.3 is 5.32 Å². The van der Waals surface area contributed by atoms with Crippen LogP contribution in [0.1, 0.15) is 23.3 Å². The third-order valence-electron chi connectivity index (χ3n) is 3.18. The van der Waals surface area contributed by atoms with E-state index in [9.17, 15) is 14.4 Å². The van der Waals surface area contributed by atoms with Gasteiger partial charge in [0, 0.05) is 30.3 Å². The fraction of sp³-hybridized carbons (Fsp3) is 0.167. The lowest BCUT2D eigenvalue weighted by Crippen LogP contribution is -2.41. The second-order valence-electron chi connectivity index (χ2n) is 5.15. The molecule has 0 aliphatic heterocycles. The molecule has 130 valence electrons. The summed E-state index contributed by atoms with van der Waals surface area (Å²) in [6.07, 6.45) is 3.04. The summed E-state index contributed by atoms with van der Waals surface area (Å²) in [5, 5.41) is 4.64. The number of carbonyl (C=O) groups is 3. The first-order valence-corrected chi connectivity index (χ1v) is 8.62. The molecule has 6 nitrogen and oxygen atoms in total. The molecule has 3 amide bonds. The fourth-order valence-electron chi connectivity index (χ4n) is 1.89. The highest BCUT2D eigenvalue weighted by Gasteiger charge is 2.07. The second kappa shape index (κ2) is 10.0. The lowest BCUT2D eigenvalue weighted by molar-refractivity contribution is -0.129. The monoisotopic (exact) mass is 357 g/mol. The van der Waals surface area contributed by atoms with Crippen molar-refractivity contribution in [3.05, 3.63) is 64.4 Å². The van der Waals surface area contributed by atoms with Gasteiger partial charge in [-0.3, -0.25) is 25.2 Å². The van der Waals surface area contributed by atoms with Gasteiger partial charge in [-0.2, -0.15) is 0 Å². The number of hydrazine groups is 1. The topological polar surface area (TPSA) is 87.3 Å². The van der Waals surface area contributed by atoms with Crippen LogP contribution in [0.4, 0.5) is 0 Å². The van der Waals surface area contributed by atoms with Crippen LogP contribution in [0.2, 0.25) is 0 Å². The first kappa shape index (κ1) is 18.4. The lowest BCUT2D eigenvalue weighted by Gasteiger charge is -2.06. The quantitative estimate of drug-likeness (QED) is 0.523. The van der Waals surface area contributed by atoms with E-state index in [0.29, 0.717) is 6.54 Å². The van der Waals surface area contributed by atoms with E-state index in [1.807, 2.05) is 47.8 Å². The van der Waals surface area contributed by atoms with Gasteiger partial charge in [0.05, 0.1) is 0 Å². The summed E-state index contributed by atoms with van der Waals surface area (Å²) in [7, 11) is 0. The number of rotatable bonds is 7. The van der Waals surface area contributed by atoms with Gasteiger partial charge in [0.25, 0.3) is 5.91 Å². The number of hydrogen-bond acceptors (Lipinski definition) is 4. The van der Waals surface area contributed by atoms with E-state index in [4.69, 9.17) is 0 Å². The molecule has 2 aromatic rings. The molecule has 0 radical (unpaired) electrons. The van der Waals surface area contributed by atoms with Crippen LogP contribution in [0.25, 0.3) is 6.08 Å². The average molecular weight is 357 g/mol. The number of benzene rings is 1. The first-order chi connectivity index (χ1) is 12.1. The standard InChI is InChI=1S/C18H19N3O3S/c22-16(19-13-14-5-2-1-3-6-14)10-11-18(24)21-20-17(23)9-8-15-7-4-12-25-15/h1-9,12H,10-11,13H2,(H,19,22)(H,20,23)(H,21,24)/b9-8+. The van der Waals surface area contributed by atoms with Crippen LogP contribution in [-0.2, 0) is 20.9 Å². The zero-order valence-electron chi connectivity index (χ0n) is 13.5. The zero-order chi connectivity index (χ0) is 17.9. The summed E-state index contributed by atoms with van der Waals surface area (Å²) in [6.45, 7) is 0.422. The van der Waals surface area contributed by atoms with Crippen LogP contribution >= 0.6 is 11.3 Å². The van der Waals surface area contributed by atoms with Gasteiger partial charge in [-0.1, -0.05) is 36.4 Å². The van der Waals surface area contributed by atoms with Crippen LogP contribution in [-0.4, -0.2) is 17.7 Å². The maximum absolute atomic E-state index is 11.7. The highest BCUT2D eigenvalue weighted by atomic mass is 32.1. The molecule has 0 aliphatic carbocycles. The Morgan fingerprint density at radius 2 is 1.68 bits per heavy atom. The smallest absolute Gasteiger partial charge is 0.262 e. The zero-order valence-corrected chi connectivity index (χ0v) is 14.3. The number of thiophene rings is 1. The summed E-state index contributed by atoms with van der Waals surface area (Å²) < 4.78 is 0. The van der Waals surface area contributed by atoms with E-state index in [1.54, 1.807) is 6.08 Å². The first-order valence-electron chi connectivity index (χ1n) is 7.74. The molecular weight excluding hydrogens is 338 g/mol. The normalized spacial score (nSPS) is 10.4. The SMILES string of the molecule is O=C(/C=C/c1cccs1)NNC(=O)CCC(=O)NCc1ccccc1. The average Bonchev–Trinajstić information content (AvgIpc) is 3.15. The third kappa shape index (κ3) is 7.45. The Kier molecular flexibility index (Phi) is 7.40. The highest BCUT2D eigenvalue weighted by Crippen LogP contribution is 2.09. The molecule has 25 heavy (non-hydrogen) atoms. The van der Waals surface area contributed by atoms with Crippen LogP contribution in [0, 0.1) is 0 Å². The van der Waals surface area contributed by atoms with Crippen molar-refractivity contribution in [1.29, 1.82) is 0 Å². The molecule has 0 bridgehead atoms. The van der Waals surface area contributed by atoms with Crippen molar-refractivity contribution >= 4 is 35.1 Å². The van der Waals surface area contributed by atoms with Crippen molar-refractivity contribution in [3.8, 4) is 0 Å². The molecule has 2 rings (SSSR count). The minimum Gasteiger partial charge on any atom is -0.352 e. The molecule has 0 spiro atoms. The molecule has 0 unspecified atom stereocenters. The van der Waals surface area contributed by atoms with Crippen molar-refractivity contribution in [2.75, 3.05) is 0 Å². The van der Waals surface area contributed by atoms with Gasteiger partial charge in [0.2, 0.25) is 11.8 Å². The Bertz CT molecular complexity index is 727. The summed E-state index contributed by atoms with van der Waals surface area (Å²) >= 11 is 1.50. The van der Waals surface area contributed by atoms with Crippen molar-refractivity contribution in [1.82, 2.24) is 16.2 Å². The van der Waals surface area contributed by atoms with Crippen LogP contribution in [0.3, 0.4) is 0 Å². The lowest BCUT2D eigenvalue weighted by atomic mass is 10.2. The van der Waals surface area contributed by atoms with Gasteiger partial charge in [-0.15, -0.1) is 11.3 Å². The minimum atomic E-state index is -0.435. The molecule has 0 fully saturated rings. The Balaban J connectivity index is 1.60. The molecule has 1 heterocycles. The molecule has 0 atom stereocenters. The summed E-state index contributed by atoms with van der Waals surface area (Å²) in [4.78, 5) is 35.8. The fourth-order valence-corrected chi connectivity index (χ4v) is 2.51. The molecule has 7 heteroatoms. The molecule has 0 aliphatic rings. The van der Waals surface area contributed by atoms with Crippen molar-refractivity contribution in [3.63, 3.8) is 0 Å². The number of carbonyl (C=O) groups excluding carboxylic acids is 3. The second-order valence-corrected chi connectivity index (χ2v) is 6.13. The van der Waals surface area contributed by atoms with Crippen molar-refractivity contribution in [2.24, 2.45) is 0 Å². The van der Waals surface area contributed by atoms with Gasteiger partial charge in [-0.05, 0) is 23.1 Å². The molecular formula is C18H19N3O3S. The molecule has 0 saturated heterocycles. The number of nitrogens with one attached hydrogen (secondary N) is 3. The van der Waals surface area contributed by atoms with Crippen molar-refractivity contribution < 1.29 is 14.4 Å². The van der Waals surface area contributed by atoms with Crippen molar-refractivity contribution in [2.45, 2.75) is 19.4 Å². The van der Waals surface area contributed by atoms with Crippen LogP contribution in [0.15, 0.2) is 53.9 Å². The molecule has 1 aromatic heterocycles. The van der Waals surface area contributed by atoms with E-state index in [2.05, 4.69) is 16.2 Å². The third-order valence-corrected chi connectivity index (χ3v) is 4.02. The van der Waals surface area contributed by atoms with Gasteiger partial charge in [-0.25, -0.2) is 0 Å². The van der Waals surface area contributed by atoms with Crippen LogP contribution in [0.5, 0.6) is 0 Å². The van der Waals surface area contributed by atoms with Gasteiger partial charge in [0.15, 0.2) is 0 Å². The van der Waals surface area contributed by atoms with E-state index in [0.717, 1.165) is 10.4 Å². The summed E-state index contributed by atoms with van der Waals surface area (Å²) in [6, 6.07) is 13.3. The van der Waals surface area contributed by atoms with E-state index < -0.39 is 11.8 Å². The minimum absolute atomic E-state index is 0.00442. The molecule has 0 saturated carbocycles. The Hall–Kier alpha value is -2.93. The summed E-state index contributed by atoms with van der Waals surface area (Å²) in [5.74, 6) is -1.08. The van der Waals surface area contributed by atoms with E-state index in [1.165, 1.54) is 17.4 Å². The maximum Gasteiger partial charge on any atom is 0.262 e. The summed E-state index contributed by atoms with van der Waals surface area (Å²) in [5.41, 5.74) is 5.54. The maximum atomic E-state index is 11.7. The van der Waals surface area contributed by atoms with Crippen LogP contribution < -0.4 is 16.2 Å². The van der Waals surface area contributed by atoms with Gasteiger partial charge in [0.1, 0.15) is 0 Å². The number of hydrogen-bond donors (Lipinski definition) is 3. The predicted octanol–water partition coefficient (Wildman–Crippen LogP) is 2.01. The molecule has 3 N–H and O–H groups in total. The molecule has 1 aromatic carbocycles. The highest BCUT2D eigenvalue weighted by molar-refractivity contribution is 7.10. The largest absolute Gasteiger partial charge is 0.352 e. The number of amides is 3. The van der Waals surface area contributed by atoms with E-state index >= 15 is 0 Å². The Morgan fingerprint density at radius 3 is 2.40 bits per heavy atom.